The molecule has 2 fully saturated rings. The number of carboxylic acids is 1. The van der Waals surface area contributed by atoms with E-state index in [-0.39, 0.29) is 28.3 Å². The molecular formula is C30H25F3N4O3. The summed E-state index contributed by atoms with van der Waals surface area (Å²) in [6, 6.07) is 12.1. The third kappa shape index (κ3) is 4.22. The highest BCUT2D eigenvalue weighted by molar-refractivity contribution is 5.91. The van der Waals surface area contributed by atoms with Crippen LogP contribution >= 0.6 is 0 Å². The van der Waals surface area contributed by atoms with E-state index in [4.69, 9.17) is 4.52 Å². The molecule has 0 unspecified atom stereocenters. The maximum Gasteiger partial charge on any atom is 0.434 e. The Bertz CT molecular complexity index is 1680. The third-order valence-corrected chi connectivity index (χ3v) is 8.36. The second-order valence-electron chi connectivity index (χ2n) is 11.0. The molecule has 3 aliphatic rings. The van der Waals surface area contributed by atoms with Crippen LogP contribution in [0.15, 0.2) is 59.3 Å². The second-order valence-corrected chi connectivity index (χ2v) is 11.0. The molecule has 0 radical (unpaired) electrons. The van der Waals surface area contributed by atoms with Gasteiger partial charge in [0.1, 0.15) is 17.1 Å². The maximum atomic E-state index is 13.8. The summed E-state index contributed by atoms with van der Waals surface area (Å²) in [5.74, 6) is -0.152. The molecule has 1 aromatic carbocycles. The van der Waals surface area contributed by atoms with E-state index in [1.807, 2.05) is 18.2 Å². The number of anilines is 1. The fourth-order valence-electron chi connectivity index (χ4n) is 6.08. The molecule has 0 amide bonds. The maximum absolute atomic E-state index is 13.8. The van der Waals surface area contributed by atoms with E-state index in [0.29, 0.717) is 11.3 Å². The molecule has 4 aromatic rings. The average molecular weight is 547 g/mol. The third-order valence-electron chi connectivity index (χ3n) is 8.36. The van der Waals surface area contributed by atoms with Crippen molar-refractivity contribution < 1.29 is 27.6 Å². The monoisotopic (exact) mass is 546 g/mol. The van der Waals surface area contributed by atoms with Crippen LogP contribution in [0.1, 0.15) is 65.5 Å². The Morgan fingerprint density at radius 2 is 1.88 bits per heavy atom. The number of nitrogens with zero attached hydrogens (tertiary/aromatic N) is 4. The number of pyridine rings is 2. The Labute approximate surface area is 227 Å². The lowest BCUT2D eigenvalue weighted by Gasteiger charge is -2.47. The van der Waals surface area contributed by atoms with E-state index in [9.17, 15) is 23.1 Å². The zero-order chi connectivity index (χ0) is 27.6. The minimum Gasteiger partial charge on any atom is -0.477 e. The lowest BCUT2D eigenvalue weighted by atomic mass is 9.63. The van der Waals surface area contributed by atoms with Gasteiger partial charge in [0.2, 0.25) is 0 Å². The van der Waals surface area contributed by atoms with E-state index < -0.39 is 17.8 Å². The van der Waals surface area contributed by atoms with Crippen LogP contribution in [0, 0.1) is 5.41 Å². The molecule has 10 heteroatoms. The molecule has 1 saturated heterocycles. The summed E-state index contributed by atoms with van der Waals surface area (Å²) in [6.07, 6.45) is 3.31. The Kier molecular flexibility index (Phi) is 5.52. The topological polar surface area (TPSA) is 92.3 Å². The Hall–Kier alpha value is -4.21. The van der Waals surface area contributed by atoms with Crippen LogP contribution in [-0.2, 0) is 6.18 Å². The Balaban J connectivity index is 1.14. The van der Waals surface area contributed by atoms with Gasteiger partial charge in [-0.3, -0.25) is 4.98 Å². The van der Waals surface area contributed by atoms with Gasteiger partial charge in [0, 0.05) is 47.4 Å². The molecule has 0 bridgehead atoms. The van der Waals surface area contributed by atoms with E-state index in [0.717, 1.165) is 73.6 Å². The molecule has 4 heterocycles. The number of fused-ring (bicyclic) bond motifs is 1. The van der Waals surface area contributed by atoms with Crippen molar-refractivity contribution in [2.45, 2.75) is 44.2 Å². The van der Waals surface area contributed by atoms with Gasteiger partial charge in [-0.1, -0.05) is 17.3 Å². The van der Waals surface area contributed by atoms with Crippen molar-refractivity contribution in [3.63, 3.8) is 0 Å². The van der Waals surface area contributed by atoms with Crippen LogP contribution in [0.25, 0.3) is 27.7 Å². The fourth-order valence-corrected chi connectivity index (χ4v) is 6.08. The van der Waals surface area contributed by atoms with Crippen molar-refractivity contribution >= 4 is 28.1 Å². The van der Waals surface area contributed by atoms with Gasteiger partial charge in [0.05, 0.1) is 5.52 Å². The van der Waals surface area contributed by atoms with Gasteiger partial charge < -0.3 is 14.5 Å². The van der Waals surface area contributed by atoms with Crippen LogP contribution in [0.4, 0.5) is 18.9 Å². The standard InChI is InChI=1S/C30H25F3N4O3/c31-30(32,33)27-21(2-1-11-34-27)25-24(26(40-36-25)17-3-4-17)19-15-29(16-19)9-12-37(13-10-29)20-6-8-22-18(14-20)5-7-23(35-22)28(38)39/h1-2,5-8,11,14-15,17H,3-4,9-10,12-13,16H2,(H,38,39). The van der Waals surface area contributed by atoms with Crippen molar-refractivity contribution in [1.82, 2.24) is 15.1 Å². The molecule has 0 atom stereocenters. The first-order valence-corrected chi connectivity index (χ1v) is 13.3. The minimum absolute atomic E-state index is 0.00220. The van der Waals surface area contributed by atoms with Crippen molar-refractivity contribution in [3.05, 3.63) is 77.4 Å². The largest absolute Gasteiger partial charge is 0.477 e. The lowest BCUT2D eigenvalue weighted by Crippen LogP contribution is -2.42. The van der Waals surface area contributed by atoms with E-state index >= 15 is 0 Å². The first kappa shape index (κ1) is 24.8. The average Bonchev–Trinajstić information content (AvgIpc) is 3.69. The molecule has 7 rings (SSSR count). The summed E-state index contributed by atoms with van der Waals surface area (Å²) in [5.41, 5.74) is 2.69. The summed E-state index contributed by atoms with van der Waals surface area (Å²) in [7, 11) is 0. The van der Waals surface area contributed by atoms with Crippen molar-refractivity contribution in [1.29, 1.82) is 0 Å². The molecule has 2 aliphatic carbocycles. The Morgan fingerprint density at radius 3 is 2.58 bits per heavy atom. The number of carboxylic acid groups (broad SMARTS) is 1. The van der Waals surface area contributed by atoms with Crippen molar-refractivity contribution in [2.75, 3.05) is 18.0 Å². The van der Waals surface area contributed by atoms with Gasteiger partial charge in [0.15, 0.2) is 5.69 Å². The predicted octanol–water partition coefficient (Wildman–Crippen LogP) is 6.95. The summed E-state index contributed by atoms with van der Waals surface area (Å²) in [6.45, 7) is 1.67. The van der Waals surface area contributed by atoms with Crippen LogP contribution in [-0.4, -0.2) is 39.3 Å². The summed E-state index contributed by atoms with van der Waals surface area (Å²) >= 11 is 0. The highest BCUT2D eigenvalue weighted by atomic mass is 19.4. The van der Waals surface area contributed by atoms with Gasteiger partial charge in [-0.05, 0) is 79.5 Å². The quantitative estimate of drug-likeness (QED) is 0.289. The number of hydrogen-bond donors (Lipinski definition) is 1. The van der Waals surface area contributed by atoms with Crippen LogP contribution in [0.5, 0.6) is 0 Å². The van der Waals surface area contributed by atoms with E-state index in [2.05, 4.69) is 26.1 Å². The first-order valence-electron chi connectivity index (χ1n) is 13.3. The molecule has 204 valence electrons. The molecular weight excluding hydrogens is 521 g/mol. The number of aromatic carboxylic acids is 1. The predicted molar refractivity (Wildman–Crippen MR) is 142 cm³/mol. The first-order chi connectivity index (χ1) is 19.2. The SMILES string of the molecule is O=C(O)c1ccc2cc(N3CCC4(C=C(c5c(-c6cccnc6C(F)(F)F)noc5C5CC5)C4)CC3)ccc2n1. The summed E-state index contributed by atoms with van der Waals surface area (Å²) in [5, 5.41) is 14.2. The zero-order valence-electron chi connectivity index (χ0n) is 21.4. The zero-order valence-corrected chi connectivity index (χ0v) is 21.4. The van der Waals surface area contributed by atoms with Crippen LogP contribution < -0.4 is 4.90 Å². The number of piperidine rings is 1. The number of hydrogen-bond acceptors (Lipinski definition) is 6. The molecule has 1 spiro atoms. The molecule has 1 N–H and O–H groups in total. The van der Waals surface area contributed by atoms with Crippen LogP contribution in [0.2, 0.25) is 0 Å². The highest BCUT2D eigenvalue weighted by Crippen LogP contribution is 2.56. The molecule has 1 aliphatic heterocycles. The number of rotatable bonds is 5. The lowest BCUT2D eigenvalue weighted by molar-refractivity contribution is -0.140. The fraction of sp³-hybridized carbons (Fsp3) is 0.333. The number of halogens is 3. The number of alkyl halides is 3. The van der Waals surface area contributed by atoms with Gasteiger partial charge >= 0.3 is 12.1 Å². The van der Waals surface area contributed by atoms with Gasteiger partial charge in [-0.25, -0.2) is 9.78 Å². The van der Waals surface area contributed by atoms with Crippen LogP contribution in [0.3, 0.4) is 0 Å². The number of carbonyl (C=O) groups is 1. The molecule has 3 aromatic heterocycles. The summed E-state index contributed by atoms with van der Waals surface area (Å²) in [4.78, 5) is 21.4. The summed E-state index contributed by atoms with van der Waals surface area (Å²) < 4.78 is 47.0. The van der Waals surface area contributed by atoms with E-state index in [1.54, 1.807) is 6.07 Å². The Morgan fingerprint density at radius 1 is 1.10 bits per heavy atom. The molecule has 1 saturated carbocycles. The van der Waals surface area contributed by atoms with E-state index in [1.165, 1.54) is 18.2 Å². The van der Waals surface area contributed by atoms with Crippen molar-refractivity contribution in [3.8, 4) is 11.3 Å². The number of benzene rings is 1. The van der Waals surface area contributed by atoms with Gasteiger partial charge in [-0.15, -0.1) is 0 Å². The number of aromatic nitrogens is 3. The highest BCUT2D eigenvalue weighted by Gasteiger charge is 2.45. The van der Waals surface area contributed by atoms with Crippen molar-refractivity contribution in [2.24, 2.45) is 5.41 Å². The minimum atomic E-state index is -4.59. The molecule has 7 nitrogen and oxygen atoms in total. The molecule has 40 heavy (non-hydrogen) atoms. The normalized spacial score (nSPS) is 18.6. The van der Waals surface area contributed by atoms with Gasteiger partial charge in [0.25, 0.3) is 0 Å². The second kappa shape index (κ2) is 8.90. The van der Waals surface area contributed by atoms with Gasteiger partial charge in [-0.2, -0.15) is 13.2 Å². The smallest absolute Gasteiger partial charge is 0.434 e. The number of allylic oxidation sites excluding steroid dienone is 2.